The van der Waals surface area contributed by atoms with Gasteiger partial charge in [-0.1, -0.05) is 0 Å². The SMILES string of the molecule is Cc1nc(N2CCN(c3ccc(F)cc3)CC2)ncc1C(=O)O. The largest absolute Gasteiger partial charge is 0.478 e. The first kappa shape index (κ1) is 15.2. The summed E-state index contributed by atoms with van der Waals surface area (Å²) >= 11 is 0. The second-order valence-electron chi connectivity index (χ2n) is 5.42. The molecule has 0 unspecified atom stereocenters. The fourth-order valence-corrected chi connectivity index (χ4v) is 2.63. The first-order valence-electron chi connectivity index (χ1n) is 7.37. The van der Waals surface area contributed by atoms with Crippen molar-refractivity contribution in [2.45, 2.75) is 6.92 Å². The van der Waals surface area contributed by atoms with Crippen molar-refractivity contribution in [2.75, 3.05) is 36.0 Å². The molecule has 0 saturated carbocycles. The van der Waals surface area contributed by atoms with Crippen LogP contribution >= 0.6 is 0 Å². The summed E-state index contributed by atoms with van der Waals surface area (Å²) in [6.45, 7) is 4.67. The van der Waals surface area contributed by atoms with Crippen LogP contribution in [0, 0.1) is 12.7 Å². The van der Waals surface area contributed by atoms with Crippen molar-refractivity contribution in [2.24, 2.45) is 0 Å². The number of hydrogen-bond acceptors (Lipinski definition) is 5. The summed E-state index contributed by atoms with van der Waals surface area (Å²) in [5.74, 6) is -0.712. The molecule has 0 aliphatic carbocycles. The van der Waals surface area contributed by atoms with Crippen molar-refractivity contribution in [1.29, 1.82) is 0 Å². The lowest BCUT2D eigenvalue weighted by molar-refractivity contribution is 0.0695. The van der Waals surface area contributed by atoms with E-state index in [-0.39, 0.29) is 11.4 Å². The Labute approximate surface area is 133 Å². The summed E-state index contributed by atoms with van der Waals surface area (Å²) < 4.78 is 13.0. The number of rotatable bonds is 3. The Morgan fingerprint density at radius 1 is 1.13 bits per heavy atom. The third-order valence-electron chi connectivity index (χ3n) is 3.95. The van der Waals surface area contributed by atoms with E-state index in [0.29, 0.717) is 11.6 Å². The van der Waals surface area contributed by atoms with E-state index in [1.165, 1.54) is 18.3 Å². The molecule has 0 amide bonds. The smallest absolute Gasteiger partial charge is 0.339 e. The third kappa shape index (κ3) is 3.23. The molecule has 2 heterocycles. The average Bonchev–Trinajstić information content (AvgIpc) is 2.55. The zero-order chi connectivity index (χ0) is 16.4. The fraction of sp³-hybridized carbons (Fsp3) is 0.312. The van der Waals surface area contributed by atoms with Gasteiger partial charge in [-0.2, -0.15) is 0 Å². The predicted molar refractivity (Wildman–Crippen MR) is 84.6 cm³/mol. The van der Waals surface area contributed by atoms with Crippen molar-refractivity contribution in [1.82, 2.24) is 9.97 Å². The minimum Gasteiger partial charge on any atom is -0.478 e. The van der Waals surface area contributed by atoms with Crippen molar-refractivity contribution in [3.8, 4) is 0 Å². The number of carboxylic acid groups (broad SMARTS) is 1. The molecule has 0 atom stereocenters. The number of carboxylic acids is 1. The van der Waals surface area contributed by atoms with Gasteiger partial charge in [0.15, 0.2) is 0 Å². The van der Waals surface area contributed by atoms with Gasteiger partial charge in [0.25, 0.3) is 0 Å². The molecular formula is C16H17FN4O2. The molecule has 0 spiro atoms. The normalized spacial score (nSPS) is 14.9. The van der Waals surface area contributed by atoms with Crippen LogP contribution < -0.4 is 9.80 Å². The second-order valence-corrected chi connectivity index (χ2v) is 5.42. The molecule has 23 heavy (non-hydrogen) atoms. The summed E-state index contributed by atoms with van der Waals surface area (Å²) in [6, 6.07) is 6.46. The maximum Gasteiger partial charge on any atom is 0.339 e. The van der Waals surface area contributed by atoms with Crippen LogP contribution in [0.4, 0.5) is 16.0 Å². The quantitative estimate of drug-likeness (QED) is 0.933. The van der Waals surface area contributed by atoms with Crippen LogP contribution in [-0.2, 0) is 0 Å². The average molecular weight is 316 g/mol. The first-order valence-corrected chi connectivity index (χ1v) is 7.37. The molecule has 0 bridgehead atoms. The van der Waals surface area contributed by atoms with E-state index in [0.717, 1.165) is 31.9 Å². The maximum absolute atomic E-state index is 13.0. The van der Waals surface area contributed by atoms with Gasteiger partial charge >= 0.3 is 5.97 Å². The molecule has 1 aromatic heterocycles. The lowest BCUT2D eigenvalue weighted by Gasteiger charge is -2.36. The van der Waals surface area contributed by atoms with Crippen LogP contribution in [-0.4, -0.2) is 47.2 Å². The van der Waals surface area contributed by atoms with E-state index in [9.17, 15) is 9.18 Å². The number of nitrogens with zero attached hydrogens (tertiary/aromatic N) is 4. The Bertz CT molecular complexity index is 713. The summed E-state index contributed by atoms with van der Waals surface area (Å²) in [4.78, 5) is 23.7. The first-order chi connectivity index (χ1) is 11.0. The summed E-state index contributed by atoms with van der Waals surface area (Å²) in [5.41, 5.74) is 1.58. The van der Waals surface area contributed by atoms with E-state index in [1.807, 2.05) is 4.90 Å². The summed E-state index contributed by atoms with van der Waals surface area (Å²) in [7, 11) is 0. The van der Waals surface area contributed by atoms with Crippen LogP contribution in [0.5, 0.6) is 0 Å². The highest BCUT2D eigenvalue weighted by Gasteiger charge is 2.20. The van der Waals surface area contributed by atoms with Crippen LogP contribution in [0.3, 0.4) is 0 Å². The molecule has 3 rings (SSSR count). The maximum atomic E-state index is 13.0. The molecule has 1 aromatic carbocycles. The number of carbonyl (C=O) groups is 1. The number of aromatic nitrogens is 2. The van der Waals surface area contributed by atoms with Gasteiger partial charge in [-0.3, -0.25) is 0 Å². The Morgan fingerprint density at radius 3 is 2.30 bits per heavy atom. The van der Waals surface area contributed by atoms with Gasteiger partial charge in [0.2, 0.25) is 5.95 Å². The van der Waals surface area contributed by atoms with E-state index in [1.54, 1.807) is 19.1 Å². The van der Waals surface area contributed by atoms with Crippen molar-refractivity contribution in [3.63, 3.8) is 0 Å². The third-order valence-corrected chi connectivity index (χ3v) is 3.95. The van der Waals surface area contributed by atoms with Crippen molar-refractivity contribution >= 4 is 17.6 Å². The number of hydrogen-bond donors (Lipinski definition) is 1. The summed E-state index contributed by atoms with van der Waals surface area (Å²) in [6.07, 6.45) is 1.35. The van der Waals surface area contributed by atoms with Gasteiger partial charge in [0.1, 0.15) is 5.82 Å². The minimum absolute atomic E-state index is 0.124. The summed E-state index contributed by atoms with van der Waals surface area (Å²) in [5, 5.41) is 9.02. The Balaban J connectivity index is 1.68. The van der Waals surface area contributed by atoms with Crippen molar-refractivity contribution in [3.05, 3.63) is 47.5 Å². The highest BCUT2D eigenvalue weighted by Crippen LogP contribution is 2.19. The zero-order valence-corrected chi connectivity index (χ0v) is 12.7. The number of halogens is 1. The van der Waals surface area contributed by atoms with Crippen molar-refractivity contribution < 1.29 is 14.3 Å². The molecule has 0 radical (unpaired) electrons. The van der Waals surface area contributed by atoms with E-state index in [2.05, 4.69) is 14.9 Å². The van der Waals surface area contributed by atoms with Gasteiger partial charge in [-0.15, -0.1) is 0 Å². The molecule has 1 fully saturated rings. The zero-order valence-electron chi connectivity index (χ0n) is 12.7. The van der Waals surface area contributed by atoms with Crippen LogP contribution in [0.1, 0.15) is 16.1 Å². The van der Waals surface area contributed by atoms with Gasteiger partial charge < -0.3 is 14.9 Å². The van der Waals surface area contributed by atoms with Gasteiger partial charge in [-0.25, -0.2) is 19.2 Å². The molecule has 120 valence electrons. The van der Waals surface area contributed by atoms with Crippen LogP contribution in [0.15, 0.2) is 30.5 Å². The number of aryl methyl sites for hydroxylation is 1. The minimum atomic E-state index is -1.02. The monoisotopic (exact) mass is 316 g/mol. The molecule has 1 saturated heterocycles. The van der Waals surface area contributed by atoms with Crippen LogP contribution in [0.25, 0.3) is 0 Å². The number of benzene rings is 1. The highest BCUT2D eigenvalue weighted by atomic mass is 19.1. The van der Waals surface area contributed by atoms with E-state index < -0.39 is 5.97 Å². The molecule has 1 N–H and O–H groups in total. The standard InChI is InChI=1S/C16H17FN4O2/c1-11-14(15(22)23)10-18-16(19-11)21-8-6-20(7-9-21)13-4-2-12(17)3-5-13/h2-5,10H,6-9H2,1H3,(H,22,23). The second kappa shape index (κ2) is 6.20. The van der Waals surface area contributed by atoms with Crippen LogP contribution in [0.2, 0.25) is 0 Å². The molecule has 2 aromatic rings. The Morgan fingerprint density at radius 2 is 1.74 bits per heavy atom. The lowest BCUT2D eigenvalue weighted by atomic mass is 10.2. The number of anilines is 2. The molecular weight excluding hydrogens is 299 g/mol. The van der Waals surface area contributed by atoms with Gasteiger partial charge in [0, 0.05) is 38.1 Å². The highest BCUT2D eigenvalue weighted by molar-refractivity contribution is 5.88. The lowest BCUT2D eigenvalue weighted by Crippen LogP contribution is -2.47. The molecule has 7 heteroatoms. The Kier molecular flexibility index (Phi) is 4.10. The fourth-order valence-electron chi connectivity index (χ4n) is 2.63. The predicted octanol–water partition coefficient (Wildman–Crippen LogP) is 1.95. The van der Waals surface area contributed by atoms with E-state index in [4.69, 9.17) is 5.11 Å². The number of piperazine rings is 1. The molecule has 1 aliphatic heterocycles. The topological polar surface area (TPSA) is 69.6 Å². The van der Waals surface area contributed by atoms with E-state index >= 15 is 0 Å². The number of aromatic carboxylic acids is 1. The molecule has 6 nitrogen and oxygen atoms in total. The molecule has 1 aliphatic rings. The van der Waals surface area contributed by atoms with Gasteiger partial charge in [-0.05, 0) is 31.2 Å². The Hall–Kier alpha value is -2.70. The van der Waals surface area contributed by atoms with Gasteiger partial charge in [0.05, 0.1) is 11.3 Å².